The standard InChI is InChI=1S/C11H16O6/c1-14-9(12)6-5-8(7-10(13)15-2)11(16-3)17-4/h5-7,11H,1-4H3/b6-5-,8-7+. The summed E-state index contributed by atoms with van der Waals surface area (Å²) >= 11 is 0. The zero-order valence-corrected chi connectivity index (χ0v) is 10.3. The smallest absolute Gasteiger partial charge is 0.330 e. The van der Waals surface area contributed by atoms with Crippen LogP contribution in [-0.2, 0) is 28.5 Å². The Bertz CT molecular complexity index is 314. The number of rotatable bonds is 6. The van der Waals surface area contributed by atoms with Gasteiger partial charge in [-0.05, 0) is 6.08 Å². The second-order valence-electron chi connectivity index (χ2n) is 2.83. The third-order valence-corrected chi connectivity index (χ3v) is 1.80. The van der Waals surface area contributed by atoms with Crippen LogP contribution in [0.2, 0.25) is 0 Å². The maximum absolute atomic E-state index is 11.1. The van der Waals surface area contributed by atoms with Gasteiger partial charge in [0.25, 0.3) is 0 Å². The van der Waals surface area contributed by atoms with Gasteiger partial charge in [-0.15, -0.1) is 0 Å². The topological polar surface area (TPSA) is 71.1 Å². The molecule has 6 nitrogen and oxygen atoms in total. The average molecular weight is 244 g/mol. The Balaban J connectivity index is 4.97. The minimum atomic E-state index is -0.769. The monoisotopic (exact) mass is 244 g/mol. The first-order chi connectivity index (χ1) is 8.08. The lowest BCUT2D eigenvalue weighted by molar-refractivity contribution is -0.136. The first-order valence-electron chi connectivity index (χ1n) is 4.70. The largest absolute Gasteiger partial charge is 0.466 e. The SMILES string of the molecule is COC(=O)/C=C\C(=C/C(=O)OC)C(OC)OC. The van der Waals surface area contributed by atoms with Crippen molar-refractivity contribution in [3.63, 3.8) is 0 Å². The van der Waals surface area contributed by atoms with E-state index in [1.54, 1.807) is 0 Å². The van der Waals surface area contributed by atoms with Gasteiger partial charge in [0.2, 0.25) is 0 Å². The summed E-state index contributed by atoms with van der Waals surface area (Å²) in [4.78, 5) is 22.0. The summed E-state index contributed by atoms with van der Waals surface area (Å²) < 4.78 is 18.8. The van der Waals surface area contributed by atoms with Crippen molar-refractivity contribution >= 4 is 11.9 Å². The minimum absolute atomic E-state index is 0.340. The van der Waals surface area contributed by atoms with Gasteiger partial charge in [-0.25, -0.2) is 9.59 Å². The molecule has 0 bridgehead atoms. The summed E-state index contributed by atoms with van der Waals surface area (Å²) in [5.41, 5.74) is 0.340. The molecule has 0 fully saturated rings. The van der Waals surface area contributed by atoms with Gasteiger partial charge in [0.15, 0.2) is 6.29 Å². The highest BCUT2D eigenvalue weighted by molar-refractivity contribution is 5.85. The van der Waals surface area contributed by atoms with Crippen molar-refractivity contribution in [3.05, 3.63) is 23.8 Å². The summed E-state index contributed by atoms with van der Waals surface area (Å²) in [6.07, 6.45) is 2.91. The van der Waals surface area contributed by atoms with Gasteiger partial charge in [0.1, 0.15) is 0 Å². The number of methoxy groups -OCH3 is 4. The Morgan fingerprint density at radius 1 is 0.882 bits per heavy atom. The fourth-order valence-electron chi connectivity index (χ4n) is 0.990. The van der Waals surface area contributed by atoms with Crippen molar-refractivity contribution in [1.82, 2.24) is 0 Å². The first-order valence-corrected chi connectivity index (χ1v) is 4.70. The van der Waals surface area contributed by atoms with Gasteiger partial charge in [-0.3, -0.25) is 0 Å². The number of hydrogen-bond acceptors (Lipinski definition) is 6. The maximum Gasteiger partial charge on any atom is 0.330 e. The molecule has 96 valence electrons. The Labute approximate surface area is 99.8 Å². The molecular formula is C11H16O6. The molecular weight excluding hydrogens is 228 g/mol. The van der Waals surface area contributed by atoms with Crippen molar-refractivity contribution in [2.45, 2.75) is 6.29 Å². The fourth-order valence-corrected chi connectivity index (χ4v) is 0.990. The van der Waals surface area contributed by atoms with Crippen LogP contribution in [0.1, 0.15) is 0 Å². The van der Waals surface area contributed by atoms with E-state index in [0.29, 0.717) is 5.57 Å². The molecule has 0 amide bonds. The van der Waals surface area contributed by atoms with E-state index in [-0.39, 0.29) is 0 Å². The molecule has 0 aliphatic rings. The Hall–Kier alpha value is -1.66. The van der Waals surface area contributed by atoms with E-state index < -0.39 is 18.2 Å². The molecule has 0 aliphatic heterocycles. The van der Waals surface area contributed by atoms with Crippen molar-refractivity contribution in [2.75, 3.05) is 28.4 Å². The van der Waals surface area contributed by atoms with E-state index in [2.05, 4.69) is 9.47 Å². The first kappa shape index (κ1) is 15.3. The van der Waals surface area contributed by atoms with Crippen LogP contribution in [0, 0.1) is 0 Å². The zero-order valence-electron chi connectivity index (χ0n) is 10.3. The van der Waals surface area contributed by atoms with Crippen LogP contribution in [0.25, 0.3) is 0 Å². The Morgan fingerprint density at radius 2 is 1.41 bits per heavy atom. The molecule has 0 aromatic rings. The molecule has 0 saturated heterocycles. The van der Waals surface area contributed by atoms with E-state index >= 15 is 0 Å². The second kappa shape index (κ2) is 8.49. The third-order valence-electron chi connectivity index (χ3n) is 1.80. The second-order valence-corrected chi connectivity index (χ2v) is 2.83. The molecule has 0 unspecified atom stereocenters. The highest BCUT2D eigenvalue weighted by Crippen LogP contribution is 2.09. The number of esters is 2. The van der Waals surface area contributed by atoms with Crippen molar-refractivity contribution in [1.29, 1.82) is 0 Å². The molecule has 0 aromatic heterocycles. The Morgan fingerprint density at radius 3 is 1.82 bits per heavy atom. The van der Waals surface area contributed by atoms with Crippen LogP contribution in [0.4, 0.5) is 0 Å². The van der Waals surface area contributed by atoms with Crippen LogP contribution >= 0.6 is 0 Å². The predicted octanol–water partition coefficient (Wildman–Crippen LogP) is 0.434. The molecule has 6 heteroatoms. The van der Waals surface area contributed by atoms with Crippen LogP contribution in [-0.4, -0.2) is 46.7 Å². The fraction of sp³-hybridized carbons (Fsp3) is 0.455. The molecule has 0 heterocycles. The maximum atomic E-state index is 11.1. The highest BCUT2D eigenvalue weighted by atomic mass is 16.7. The number of carbonyl (C=O) groups excluding carboxylic acids is 2. The van der Waals surface area contributed by atoms with Crippen LogP contribution in [0.3, 0.4) is 0 Å². The quantitative estimate of drug-likeness (QED) is 0.292. The summed E-state index contributed by atoms with van der Waals surface area (Å²) in [5, 5.41) is 0. The van der Waals surface area contributed by atoms with Crippen LogP contribution in [0.15, 0.2) is 23.8 Å². The molecule has 0 aliphatic carbocycles. The number of ether oxygens (including phenoxy) is 4. The lowest BCUT2D eigenvalue weighted by Crippen LogP contribution is -2.16. The summed E-state index contributed by atoms with van der Waals surface area (Å²) in [5.74, 6) is -1.12. The van der Waals surface area contributed by atoms with Crippen molar-refractivity contribution in [3.8, 4) is 0 Å². The molecule has 0 atom stereocenters. The Kier molecular flexibility index (Phi) is 7.66. The van der Waals surface area contributed by atoms with Gasteiger partial charge in [-0.2, -0.15) is 0 Å². The van der Waals surface area contributed by atoms with E-state index in [1.165, 1.54) is 34.5 Å². The van der Waals surface area contributed by atoms with E-state index in [1.807, 2.05) is 0 Å². The molecule has 0 saturated carbocycles. The molecule has 0 radical (unpaired) electrons. The number of hydrogen-bond donors (Lipinski definition) is 0. The molecule has 0 N–H and O–H groups in total. The summed E-state index contributed by atoms with van der Waals surface area (Å²) in [6, 6.07) is 0. The lowest BCUT2D eigenvalue weighted by Gasteiger charge is -2.14. The molecule has 0 aromatic carbocycles. The van der Waals surface area contributed by atoms with Gasteiger partial charge in [0, 0.05) is 31.9 Å². The van der Waals surface area contributed by atoms with Crippen LogP contribution in [0.5, 0.6) is 0 Å². The van der Waals surface area contributed by atoms with E-state index in [9.17, 15) is 9.59 Å². The third kappa shape index (κ3) is 5.84. The minimum Gasteiger partial charge on any atom is -0.466 e. The predicted molar refractivity (Wildman–Crippen MR) is 59.1 cm³/mol. The molecule has 0 rings (SSSR count). The zero-order chi connectivity index (χ0) is 13.3. The average Bonchev–Trinajstić information content (AvgIpc) is 2.36. The summed E-state index contributed by atoms with van der Waals surface area (Å²) in [7, 11) is 5.31. The lowest BCUT2D eigenvalue weighted by atomic mass is 10.2. The normalized spacial score (nSPS) is 11.9. The van der Waals surface area contributed by atoms with Gasteiger partial charge in [0.05, 0.1) is 14.2 Å². The molecule has 0 spiro atoms. The van der Waals surface area contributed by atoms with Crippen molar-refractivity contribution in [2.24, 2.45) is 0 Å². The van der Waals surface area contributed by atoms with Crippen molar-refractivity contribution < 1.29 is 28.5 Å². The van der Waals surface area contributed by atoms with Crippen LogP contribution < -0.4 is 0 Å². The van der Waals surface area contributed by atoms with Gasteiger partial charge >= 0.3 is 11.9 Å². The number of carbonyl (C=O) groups is 2. The van der Waals surface area contributed by atoms with Gasteiger partial charge < -0.3 is 18.9 Å². The van der Waals surface area contributed by atoms with E-state index in [4.69, 9.17) is 9.47 Å². The summed E-state index contributed by atoms with van der Waals surface area (Å²) in [6.45, 7) is 0. The van der Waals surface area contributed by atoms with E-state index in [0.717, 1.165) is 12.2 Å². The highest BCUT2D eigenvalue weighted by Gasteiger charge is 2.12. The molecule has 17 heavy (non-hydrogen) atoms. The van der Waals surface area contributed by atoms with Gasteiger partial charge in [-0.1, -0.05) is 0 Å².